The number of rotatable bonds is 2. The van der Waals surface area contributed by atoms with Gasteiger partial charge in [0.2, 0.25) is 12.1 Å². The van der Waals surface area contributed by atoms with Crippen molar-refractivity contribution in [2.75, 3.05) is 0 Å². The predicted molar refractivity (Wildman–Crippen MR) is 19.2 cm³/mol. The van der Waals surface area contributed by atoms with Crippen LogP contribution in [0.5, 0.6) is 0 Å². The van der Waals surface area contributed by atoms with Crippen molar-refractivity contribution in [2.45, 2.75) is 0 Å². The topological polar surface area (TPSA) is 58.9 Å². The third-order valence-corrected chi connectivity index (χ3v) is 0.200. The summed E-state index contributed by atoms with van der Waals surface area (Å²) in [5.74, 6) is 0. The van der Waals surface area contributed by atoms with Crippen molar-refractivity contribution >= 4 is 12.1 Å². The summed E-state index contributed by atoms with van der Waals surface area (Å²) < 4.78 is 4.08. The number of hydrogen-bond donors (Lipinski definition) is 0. The number of nitrogens with zero attached hydrogens (tertiary/aromatic N) is 2. The van der Waals surface area contributed by atoms with Gasteiger partial charge in [0, 0.05) is 26.2 Å². The van der Waals surface area contributed by atoms with Crippen molar-refractivity contribution in [3.63, 3.8) is 0 Å². The zero-order valence-electron chi connectivity index (χ0n) is 2.47. The van der Waals surface area contributed by atoms with Crippen LogP contribution in [-0.4, -0.2) is 0 Å². The maximum absolute atomic E-state index is 8.82. The molecule has 36 valence electrons. The quantitative estimate of drug-likeness (QED) is 0.334. The largest absolute Gasteiger partial charge is 0.205 e. The molecule has 0 saturated heterocycles. The fourth-order valence-electron chi connectivity index (χ4n) is 0.0136. The summed E-state index contributed by atoms with van der Waals surface area (Å²) in [4.78, 5) is 17.6. The molecular formula is FeN2O2S. The Balaban J connectivity index is 0. The van der Waals surface area contributed by atoms with Crippen molar-refractivity contribution in [3.8, 4) is 0 Å². The van der Waals surface area contributed by atoms with Gasteiger partial charge >= 0.3 is 0 Å². The molecule has 0 bridgehead atoms. The molecule has 0 aliphatic rings. The van der Waals surface area contributed by atoms with E-state index >= 15 is 0 Å². The van der Waals surface area contributed by atoms with E-state index in [1.807, 2.05) is 9.16 Å². The van der Waals surface area contributed by atoms with Crippen LogP contribution in [0, 0.1) is 9.81 Å². The van der Waals surface area contributed by atoms with Crippen LogP contribution in [-0.2, 0) is 17.1 Å². The molecule has 0 atom stereocenters. The van der Waals surface area contributed by atoms with Crippen molar-refractivity contribution < 1.29 is 17.1 Å². The van der Waals surface area contributed by atoms with E-state index in [9.17, 15) is 0 Å². The summed E-state index contributed by atoms with van der Waals surface area (Å²) in [6, 6.07) is 0. The molecule has 0 aromatic heterocycles. The van der Waals surface area contributed by atoms with Gasteiger partial charge in [-0.2, -0.15) is 0 Å². The van der Waals surface area contributed by atoms with Gasteiger partial charge in [-0.05, 0) is 0 Å². The van der Waals surface area contributed by atoms with Gasteiger partial charge in [-0.3, -0.25) is 0 Å². The molecule has 0 heterocycles. The molecule has 0 saturated carbocycles. The van der Waals surface area contributed by atoms with E-state index in [0.717, 1.165) is 0 Å². The first-order valence-electron chi connectivity index (χ1n) is 0.730. The molecule has 6 heavy (non-hydrogen) atoms. The molecule has 6 heteroatoms. The maximum Gasteiger partial charge on any atom is 0.205 e. The molecule has 0 aromatic carbocycles. The molecule has 0 amide bonds. The summed E-state index contributed by atoms with van der Waals surface area (Å²) >= 11 is 0.102. The van der Waals surface area contributed by atoms with Crippen molar-refractivity contribution in [1.82, 2.24) is 0 Å². The molecular weight excluding hydrogens is 148 g/mol. The number of hydrogen-bond acceptors (Lipinski definition) is 5. The van der Waals surface area contributed by atoms with E-state index in [1.165, 1.54) is 0 Å². The second-order valence-electron chi connectivity index (χ2n) is 0.231. The third-order valence-electron chi connectivity index (χ3n) is 0.0667. The molecule has 0 aliphatic heterocycles. The molecule has 0 radical (unpaired) electrons. The Hall–Kier alpha value is 0.0695. The monoisotopic (exact) mass is 148 g/mol. The minimum Gasteiger partial charge on any atom is -0.135 e. The van der Waals surface area contributed by atoms with Gasteiger partial charge in [0.25, 0.3) is 0 Å². The van der Waals surface area contributed by atoms with E-state index in [0.29, 0.717) is 0 Å². The van der Waals surface area contributed by atoms with Crippen LogP contribution in [0.15, 0.2) is 9.16 Å². The predicted octanol–water partition coefficient (Wildman–Crippen LogP) is 1.08. The molecule has 0 unspecified atom stereocenters. The van der Waals surface area contributed by atoms with Crippen molar-refractivity contribution in [1.29, 1.82) is 0 Å². The van der Waals surface area contributed by atoms with Gasteiger partial charge in [-0.15, -0.1) is 9.81 Å². The molecule has 0 rings (SSSR count). The van der Waals surface area contributed by atoms with Gasteiger partial charge in [0.15, 0.2) is 0 Å². The Kier molecular flexibility index (Phi) is 14.0. The SMILES string of the molecule is O=NSN=O.[Fe]. The normalized spacial score (nSPS) is 5.33. The summed E-state index contributed by atoms with van der Waals surface area (Å²) in [5.41, 5.74) is 0. The summed E-state index contributed by atoms with van der Waals surface area (Å²) in [5, 5.41) is 0. The smallest absolute Gasteiger partial charge is 0.135 e. The first-order chi connectivity index (χ1) is 2.41. The minimum atomic E-state index is 0. The van der Waals surface area contributed by atoms with Gasteiger partial charge in [0.05, 0.1) is 0 Å². The van der Waals surface area contributed by atoms with Gasteiger partial charge in [0.1, 0.15) is 0 Å². The van der Waals surface area contributed by atoms with E-state index in [-0.39, 0.29) is 29.2 Å². The molecule has 0 N–H and O–H groups in total. The Morgan fingerprint density at radius 1 is 1.17 bits per heavy atom. The molecule has 0 spiro atoms. The summed E-state index contributed by atoms with van der Waals surface area (Å²) in [6.07, 6.45) is 0. The van der Waals surface area contributed by atoms with Crippen LogP contribution >= 0.6 is 12.1 Å². The first-order valence-corrected chi connectivity index (χ1v) is 1.46. The Labute approximate surface area is 48.8 Å². The fourth-order valence-corrected chi connectivity index (χ4v) is 0.0408. The van der Waals surface area contributed by atoms with E-state index in [1.54, 1.807) is 0 Å². The molecule has 4 nitrogen and oxygen atoms in total. The van der Waals surface area contributed by atoms with Gasteiger partial charge < -0.3 is 0 Å². The Bertz CT molecular complexity index is 40.8. The number of nitroso groups, excluding NO2 is 2. The average molecular weight is 148 g/mol. The van der Waals surface area contributed by atoms with Crippen molar-refractivity contribution in [2.24, 2.45) is 9.16 Å². The second-order valence-corrected chi connectivity index (χ2v) is 0.692. The van der Waals surface area contributed by atoms with Crippen molar-refractivity contribution in [3.05, 3.63) is 9.81 Å². The maximum atomic E-state index is 8.82. The van der Waals surface area contributed by atoms with Crippen LogP contribution in [0.2, 0.25) is 0 Å². The molecule has 0 fully saturated rings. The van der Waals surface area contributed by atoms with Crippen LogP contribution in [0.25, 0.3) is 0 Å². The van der Waals surface area contributed by atoms with Crippen LogP contribution in [0.3, 0.4) is 0 Å². The fraction of sp³-hybridized carbons (Fsp3) is 0. The average Bonchev–Trinajstić information content (AvgIpc) is 1.41. The summed E-state index contributed by atoms with van der Waals surface area (Å²) in [7, 11) is 0. The Morgan fingerprint density at radius 2 is 1.50 bits per heavy atom. The van der Waals surface area contributed by atoms with E-state index < -0.39 is 0 Å². The Morgan fingerprint density at radius 3 is 1.50 bits per heavy atom. The van der Waals surface area contributed by atoms with Crippen LogP contribution in [0.1, 0.15) is 0 Å². The molecule has 0 aromatic rings. The minimum absolute atomic E-state index is 0. The summed E-state index contributed by atoms with van der Waals surface area (Å²) in [6.45, 7) is 0. The van der Waals surface area contributed by atoms with Crippen LogP contribution < -0.4 is 0 Å². The zero-order valence-corrected chi connectivity index (χ0v) is 4.39. The second kappa shape index (κ2) is 8.91. The zero-order chi connectivity index (χ0) is 4.12. The van der Waals surface area contributed by atoms with Crippen LogP contribution in [0.4, 0.5) is 0 Å². The van der Waals surface area contributed by atoms with Gasteiger partial charge in [-0.25, -0.2) is 0 Å². The first kappa shape index (κ1) is 9.42. The standard InChI is InChI=1S/Fe.N2O2S/c;3-1-5-2-4. The van der Waals surface area contributed by atoms with Gasteiger partial charge in [-0.1, -0.05) is 0 Å². The third kappa shape index (κ3) is 8.95. The van der Waals surface area contributed by atoms with E-state index in [4.69, 9.17) is 9.81 Å². The van der Waals surface area contributed by atoms with E-state index in [2.05, 4.69) is 0 Å². The molecule has 0 aliphatic carbocycles.